The molecule has 0 bridgehead atoms. The third-order valence-corrected chi connectivity index (χ3v) is 6.56. The molecule has 0 aromatic heterocycles. The number of carboxylic acid groups (broad SMARTS) is 1. The monoisotopic (exact) mass is 507 g/mol. The minimum Gasteiger partial charge on any atom is -0.480 e. The zero-order valence-electron chi connectivity index (χ0n) is 22.6. The van der Waals surface area contributed by atoms with Crippen LogP contribution in [0, 0.1) is 23.7 Å². The van der Waals surface area contributed by atoms with Crippen molar-refractivity contribution in [3.63, 3.8) is 0 Å². The lowest BCUT2D eigenvalue weighted by Crippen LogP contribution is -2.43. The number of carbonyl (C=O) groups is 4. The highest BCUT2D eigenvalue weighted by Gasteiger charge is 2.36. The van der Waals surface area contributed by atoms with Crippen LogP contribution in [0.2, 0.25) is 0 Å². The van der Waals surface area contributed by atoms with Gasteiger partial charge in [-0.15, -0.1) is 0 Å². The van der Waals surface area contributed by atoms with Gasteiger partial charge in [-0.1, -0.05) is 54.5 Å². The van der Waals surface area contributed by atoms with Crippen LogP contribution in [0.1, 0.15) is 79.7 Å². The van der Waals surface area contributed by atoms with Crippen LogP contribution in [0.25, 0.3) is 0 Å². The number of esters is 3. The Morgan fingerprint density at radius 1 is 0.833 bits per heavy atom. The van der Waals surface area contributed by atoms with E-state index in [0.717, 1.165) is 0 Å². The first-order valence-electron chi connectivity index (χ1n) is 12.5. The molecular weight excluding hydrogens is 466 g/mol. The maximum absolute atomic E-state index is 12.6. The summed E-state index contributed by atoms with van der Waals surface area (Å²) >= 11 is 0. The van der Waals surface area contributed by atoms with Crippen LogP contribution in [0.5, 0.6) is 11.5 Å². The number of nitrogens with two attached hydrogens (primary N) is 1. The van der Waals surface area contributed by atoms with Crippen molar-refractivity contribution < 1.29 is 38.5 Å². The van der Waals surface area contributed by atoms with Gasteiger partial charge < -0.3 is 25.1 Å². The smallest absolute Gasteiger partial charge is 0.321 e. The first kappa shape index (κ1) is 31.1. The van der Waals surface area contributed by atoms with Crippen LogP contribution in [-0.2, 0) is 23.9 Å². The zero-order valence-corrected chi connectivity index (χ0v) is 22.6. The minimum atomic E-state index is -1.34. The molecule has 0 heterocycles. The van der Waals surface area contributed by atoms with Crippen molar-refractivity contribution in [3.05, 3.63) is 23.8 Å². The van der Waals surface area contributed by atoms with Gasteiger partial charge >= 0.3 is 23.9 Å². The van der Waals surface area contributed by atoms with Gasteiger partial charge in [-0.3, -0.25) is 19.2 Å². The molecule has 0 aliphatic heterocycles. The summed E-state index contributed by atoms with van der Waals surface area (Å²) in [6, 6.07) is 3.18. The summed E-state index contributed by atoms with van der Waals surface area (Å²) in [5.41, 5.74) is 6.53. The van der Waals surface area contributed by atoms with Gasteiger partial charge in [-0.2, -0.15) is 0 Å². The average molecular weight is 508 g/mol. The highest BCUT2D eigenvalue weighted by atomic mass is 16.6. The predicted molar refractivity (Wildman–Crippen MR) is 135 cm³/mol. The number of hydrogen-bond donors (Lipinski definition) is 2. The molecule has 0 amide bonds. The first-order chi connectivity index (χ1) is 16.7. The number of aliphatic carboxylic acids is 1. The van der Waals surface area contributed by atoms with E-state index in [1.54, 1.807) is 47.6 Å². The molecule has 0 saturated carbocycles. The van der Waals surface area contributed by atoms with Crippen molar-refractivity contribution in [3.8, 4) is 11.5 Å². The van der Waals surface area contributed by atoms with E-state index in [1.807, 2.05) is 13.8 Å². The fourth-order valence-electron chi connectivity index (χ4n) is 3.36. The van der Waals surface area contributed by atoms with E-state index in [0.29, 0.717) is 18.4 Å². The molecule has 0 radical (unpaired) electrons. The van der Waals surface area contributed by atoms with Gasteiger partial charge in [0.2, 0.25) is 0 Å². The van der Waals surface area contributed by atoms with Crippen molar-refractivity contribution >= 4 is 23.9 Å². The largest absolute Gasteiger partial charge is 0.480 e. The molecule has 1 aromatic rings. The van der Waals surface area contributed by atoms with E-state index in [9.17, 15) is 24.3 Å². The molecule has 1 aromatic carbocycles. The normalized spacial score (nSPS) is 16.3. The fourth-order valence-corrected chi connectivity index (χ4v) is 3.36. The van der Waals surface area contributed by atoms with Crippen molar-refractivity contribution in [1.82, 2.24) is 0 Å². The minimum absolute atomic E-state index is 0.00364. The van der Waals surface area contributed by atoms with Gasteiger partial charge in [0.25, 0.3) is 0 Å². The molecule has 9 nitrogen and oxygen atoms in total. The molecule has 3 N–H and O–H groups in total. The summed E-state index contributed by atoms with van der Waals surface area (Å²) in [5, 5.41) is 9.71. The molecule has 1 rings (SSSR count). The third kappa shape index (κ3) is 8.33. The van der Waals surface area contributed by atoms with Crippen LogP contribution in [0.15, 0.2) is 18.2 Å². The Hall–Kier alpha value is -2.94. The molecule has 0 aliphatic carbocycles. The molecule has 0 spiro atoms. The summed E-state index contributed by atoms with van der Waals surface area (Å²) < 4.78 is 16.6. The number of ether oxygens (including phenoxy) is 3. The molecule has 202 valence electrons. The first-order valence-corrected chi connectivity index (χ1v) is 12.5. The molecular formula is C27H41NO8. The second kappa shape index (κ2) is 14.0. The van der Waals surface area contributed by atoms with E-state index >= 15 is 0 Å². The summed E-state index contributed by atoms with van der Waals surface area (Å²) in [6.45, 7) is 14.0. The van der Waals surface area contributed by atoms with Crippen LogP contribution >= 0.6 is 0 Å². The summed E-state index contributed by atoms with van der Waals surface area (Å²) in [6.07, 6.45) is 0.464. The fraction of sp³-hybridized carbons (Fsp3) is 0.630. The lowest BCUT2D eigenvalue weighted by Gasteiger charge is -2.32. The lowest BCUT2D eigenvalue weighted by atomic mass is 9.79. The van der Waals surface area contributed by atoms with Gasteiger partial charge in [0.05, 0.1) is 17.8 Å². The second-order valence-corrected chi connectivity index (χ2v) is 9.71. The quantitative estimate of drug-likeness (QED) is 0.295. The van der Waals surface area contributed by atoms with E-state index in [2.05, 4.69) is 0 Å². The second-order valence-electron chi connectivity index (χ2n) is 9.71. The van der Waals surface area contributed by atoms with Gasteiger partial charge in [-0.25, -0.2) is 0 Å². The van der Waals surface area contributed by atoms with Crippen LogP contribution < -0.4 is 15.2 Å². The standard InChI is InChI=1S/C27H41NO8/c1-9-15(5)26(32)35-20-12-11-19(13-21(20)36-27(33)16(6)10-2)22(23(28)24(29)30)17(7)18(8)34-25(31)14(3)4/h11-18,22-23H,9-10,28H2,1-8H3,(H,29,30)/t15?,16?,17?,18?,22?,23-/m0/s1. The van der Waals surface area contributed by atoms with Gasteiger partial charge in [0, 0.05) is 11.8 Å². The van der Waals surface area contributed by atoms with E-state index in [4.69, 9.17) is 19.9 Å². The maximum atomic E-state index is 12.6. The maximum Gasteiger partial charge on any atom is 0.321 e. The number of hydrogen-bond acceptors (Lipinski definition) is 8. The molecule has 0 aliphatic rings. The number of benzene rings is 1. The summed E-state index contributed by atoms with van der Waals surface area (Å²) in [5.74, 6) is -5.03. The predicted octanol–water partition coefficient (Wildman–Crippen LogP) is 4.31. The Kier molecular flexibility index (Phi) is 12.1. The lowest BCUT2D eigenvalue weighted by molar-refractivity contribution is -0.155. The Labute approximate surface area is 213 Å². The van der Waals surface area contributed by atoms with Crippen molar-refractivity contribution in [2.24, 2.45) is 29.4 Å². The number of rotatable bonds is 13. The molecule has 0 fully saturated rings. The molecule has 0 saturated heterocycles. The third-order valence-electron chi connectivity index (χ3n) is 6.56. The average Bonchev–Trinajstić information content (AvgIpc) is 2.83. The zero-order chi connectivity index (χ0) is 27.7. The Morgan fingerprint density at radius 3 is 1.78 bits per heavy atom. The van der Waals surface area contributed by atoms with Crippen LogP contribution in [0.3, 0.4) is 0 Å². The van der Waals surface area contributed by atoms with Gasteiger partial charge in [0.15, 0.2) is 11.5 Å². The van der Waals surface area contributed by atoms with Gasteiger partial charge in [-0.05, 0) is 37.5 Å². The van der Waals surface area contributed by atoms with Crippen LogP contribution in [0.4, 0.5) is 0 Å². The van der Waals surface area contributed by atoms with E-state index in [1.165, 1.54) is 12.1 Å². The van der Waals surface area contributed by atoms with E-state index in [-0.39, 0.29) is 23.3 Å². The highest BCUT2D eigenvalue weighted by Crippen LogP contribution is 2.37. The number of carbonyl (C=O) groups excluding carboxylic acids is 3. The Balaban J connectivity index is 3.52. The Morgan fingerprint density at radius 2 is 1.33 bits per heavy atom. The highest BCUT2D eigenvalue weighted by molar-refractivity contribution is 5.79. The molecule has 9 heteroatoms. The van der Waals surface area contributed by atoms with E-state index < -0.39 is 53.8 Å². The molecule has 5 unspecified atom stereocenters. The van der Waals surface area contributed by atoms with Crippen molar-refractivity contribution in [1.29, 1.82) is 0 Å². The summed E-state index contributed by atoms with van der Waals surface area (Å²) in [4.78, 5) is 49.1. The Bertz CT molecular complexity index is 928. The van der Waals surface area contributed by atoms with Crippen molar-refractivity contribution in [2.45, 2.75) is 86.3 Å². The number of carboxylic acids is 1. The SMILES string of the molecule is CCC(C)C(=O)Oc1ccc(C(C(C)C(C)OC(=O)C(C)C)[C@H](N)C(=O)O)cc1OC(=O)C(C)CC. The van der Waals surface area contributed by atoms with Crippen LogP contribution in [-0.4, -0.2) is 41.1 Å². The summed E-state index contributed by atoms with van der Waals surface area (Å²) in [7, 11) is 0. The molecule has 6 atom stereocenters. The van der Waals surface area contributed by atoms with Gasteiger partial charge in [0.1, 0.15) is 12.1 Å². The molecule has 36 heavy (non-hydrogen) atoms. The van der Waals surface area contributed by atoms with Crippen molar-refractivity contribution in [2.75, 3.05) is 0 Å². The topological polar surface area (TPSA) is 142 Å².